The van der Waals surface area contributed by atoms with Gasteiger partial charge in [0.05, 0.1) is 5.69 Å². The number of rotatable bonds is 4. The molecule has 1 rings (SSSR count). The van der Waals surface area contributed by atoms with Gasteiger partial charge in [0.1, 0.15) is 0 Å². The lowest BCUT2D eigenvalue weighted by Crippen LogP contribution is -2.33. The van der Waals surface area contributed by atoms with Gasteiger partial charge in [-0.15, -0.1) is 0 Å². The Balaban J connectivity index is 3.01. The highest BCUT2D eigenvalue weighted by molar-refractivity contribution is 5.63. The first-order valence-corrected chi connectivity index (χ1v) is 5.58. The zero-order chi connectivity index (χ0) is 11.4. The minimum atomic E-state index is 0.479. The summed E-state index contributed by atoms with van der Waals surface area (Å²) in [5.74, 6) is 0.914. The van der Waals surface area contributed by atoms with Crippen molar-refractivity contribution in [3.8, 4) is 0 Å². The molecule has 0 saturated carbocycles. The Hall–Kier alpha value is -1.25. The lowest BCUT2D eigenvalue weighted by atomic mass is 10.2. The summed E-state index contributed by atoms with van der Waals surface area (Å²) in [5.41, 5.74) is 7.87. The Bertz CT molecular complexity index is 323. The van der Waals surface area contributed by atoms with E-state index in [1.165, 1.54) is 0 Å². The number of aromatic nitrogens is 1. The molecule has 3 nitrogen and oxygen atoms in total. The van der Waals surface area contributed by atoms with Crippen LogP contribution >= 0.6 is 0 Å². The summed E-state index contributed by atoms with van der Waals surface area (Å²) in [6, 6.07) is 2.46. The lowest BCUT2D eigenvalue weighted by Gasteiger charge is -2.29. The maximum Gasteiger partial charge on any atom is 0.152 e. The van der Waals surface area contributed by atoms with E-state index in [0.717, 1.165) is 30.0 Å². The van der Waals surface area contributed by atoms with Crippen molar-refractivity contribution >= 4 is 11.5 Å². The number of anilines is 2. The van der Waals surface area contributed by atoms with Crippen molar-refractivity contribution < 1.29 is 0 Å². The van der Waals surface area contributed by atoms with Crippen LogP contribution in [-0.4, -0.2) is 17.6 Å². The van der Waals surface area contributed by atoms with Crippen molar-refractivity contribution in [2.24, 2.45) is 0 Å². The fourth-order valence-electron chi connectivity index (χ4n) is 1.72. The molecule has 1 heterocycles. The minimum absolute atomic E-state index is 0.479. The standard InChI is InChI=1S/C12H21N3/c1-5-10(4)15(6-2)12-11(13)7-9(3)8-14-12/h7-8,10H,5-6,13H2,1-4H3. The predicted octanol–water partition coefficient (Wildman–Crippen LogP) is 2.60. The first kappa shape index (κ1) is 11.8. The molecular weight excluding hydrogens is 186 g/mol. The molecule has 0 radical (unpaired) electrons. The number of nitrogens with two attached hydrogens (primary N) is 1. The second kappa shape index (κ2) is 5.01. The van der Waals surface area contributed by atoms with Crippen molar-refractivity contribution in [3.05, 3.63) is 17.8 Å². The largest absolute Gasteiger partial charge is 0.396 e. The molecule has 15 heavy (non-hydrogen) atoms. The summed E-state index contributed by atoms with van der Waals surface area (Å²) in [6.07, 6.45) is 2.97. The van der Waals surface area contributed by atoms with Crippen molar-refractivity contribution in [1.82, 2.24) is 4.98 Å². The molecule has 0 saturated heterocycles. The summed E-state index contributed by atoms with van der Waals surface area (Å²) in [7, 11) is 0. The second-order valence-electron chi connectivity index (χ2n) is 3.97. The monoisotopic (exact) mass is 207 g/mol. The van der Waals surface area contributed by atoms with E-state index in [-0.39, 0.29) is 0 Å². The molecule has 1 unspecified atom stereocenters. The first-order valence-electron chi connectivity index (χ1n) is 5.58. The smallest absolute Gasteiger partial charge is 0.152 e. The van der Waals surface area contributed by atoms with Gasteiger partial charge in [0.2, 0.25) is 0 Å². The molecule has 0 aliphatic rings. The third kappa shape index (κ3) is 2.61. The van der Waals surface area contributed by atoms with E-state index in [1.54, 1.807) is 0 Å². The third-order valence-corrected chi connectivity index (χ3v) is 2.77. The summed E-state index contributed by atoms with van der Waals surface area (Å²) in [6.45, 7) is 9.46. The second-order valence-corrected chi connectivity index (χ2v) is 3.97. The fourth-order valence-corrected chi connectivity index (χ4v) is 1.72. The topological polar surface area (TPSA) is 42.2 Å². The van der Waals surface area contributed by atoms with Crippen LogP contribution in [0.3, 0.4) is 0 Å². The quantitative estimate of drug-likeness (QED) is 0.825. The molecule has 0 aromatic carbocycles. The Morgan fingerprint density at radius 3 is 2.60 bits per heavy atom. The van der Waals surface area contributed by atoms with Crippen molar-refractivity contribution in [3.63, 3.8) is 0 Å². The molecule has 0 fully saturated rings. The van der Waals surface area contributed by atoms with E-state index in [4.69, 9.17) is 5.73 Å². The van der Waals surface area contributed by atoms with Gasteiger partial charge in [-0.05, 0) is 38.8 Å². The van der Waals surface area contributed by atoms with E-state index in [0.29, 0.717) is 6.04 Å². The average Bonchev–Trinajstić information content (AvgIpc) is 2.21. The van der Waals surface area contributed by atoms with Crippen LogP contribution in [0.2, 0.25) is 0 Å². The molecule has 0 aliphatic heterocycles. The van der Waals surface area contributed by atoms with Crippen LogP contribution in [0.15, 0.2) is 12.3 Å². The van der Waals surface area contributed by atoms with Gasteiger partial charge >= 0.3 is 0 Å². The van der Waals surface area contributed by atoms with Gasteiger partial charge in [0, 0.05) is 18.8 Å². The Labute approximate surface area is 92.3 Å². The molecule has 3 heteroatoms. The lowest BCUT2D eigenvalue weighted by molar-refractivity contribution is 0.624. The zero-order valence-corrected chi connectivity index (χ0v) is 10.1. The molecule has 0 amide bonds. The zero-order valence-electron chi connectivity index (χ0n) is 10.1. The summed E-state index contributed by atoms with van der Waals surface area (Å²) >= 11 is 0. The van der Waals surface area contributed by atoms with Crippen LogP contribution in [0.25, 0.3) is 0 Å². The van der Waals surface area contributed by atoms with Crippen LogP contribution in [0.4, 0.5) is 11.5 Å². The molecule has 1 atom stereocenters. The van der Waals surface area contributed by atoms with Gasteiger partial charge in [0.15, 0.2) is 5.82 Å². The number of aryl methyl sites for hydroxylation is 1. The number of hydrogen-bond donors (Lipinski definition) is 1. The highest BCUT2D eigenvalue weighted by atomic mass is 15.2. The molecule has 1 aromatic rings. The summed E-state index contributed by atoms with van der Waals surface area (Å²) in [4.78, 5) is 6.66. The normalized spacial score (nSPS) is 12.5. The number of pyridine rings is 1. The van der Waals surface area contributed by atoms with Crippen LogP contribution < -0.4 is 10.6 Å². The molecular formula is C12H21N3. The van der Waals surface area contributed by atoms with Gasteiger partial charge in [-0.1, -0.05) is 6.92 Å². The number of hydrogen-bond acceptors (Lipinski definition) is 3. The highest BCUT2D eigenvalue weighted by Gasteiger charge is 2.14. The van der Waals surface area contributed by atoms with Gasteiger partial charge in [-0.2, -0.15) is 0 Å². The Morgan fingerprint density at radius 2 is 2.13 bits per heavy atom. The first-order chi connectivity index (χ1) is 7.10. The Morgan fingerprint density at radius 1 is 1.47 bits per heavy atom. The van der Waals surface area contributed by atoms with Crippen LogP contribution in [-0.2, 0) is 0 Å². The predicted molar refractivity (Wildman–Crippen MR) is 66.2 cm³/mol. The van der Waals surface area contributed by atoms with Gasteiger partial charge < -0.3 is 10.6 Å². The SMILES string of the molecule is CCC(C)N(CC)c1ncc(C)cc1N. The van der Waals surface area contributed by atoms with Crippen molar-refractivity contribution in [2.45, 2.75) is 40.2 Å². The molecule has 1 aromatic heterocycles. The van der Waals surface area contributed by atoms with Crippen LogP contribution in [0.5, 0.6) is 0 Å². The van der Waals surface area contributed by atoms with Crippen LogP contribution in [0.1, 0.15) is 32.8 Å². The van der Waals surface area contributed by atoms with Crippen molar-refractivity contribution in [1.29, 1.82) is 0 Å². The molecule has 0 aliphatic carbocycles. The molecule has 84 valence electrons. The van der Waals surface area contributed by atoms with E-state index in [9.17, 15) is 0 Å². The maximum atomic E-state index is 5.99. The fraction of sp³-hybridized carbons (Fsp3) is 0.583. The maximum absolute atomic E-state index is 5.99. The summed E-state index contributed by atoms with van der Waals surface area (Å²) < 4.78 is 0. The average molecular weight is 207 g/mol. The van der Waals surface area contributed by atoms with E-state index < -0.39 is 0 Å². The number of nitrogens with zero attached hydrogens (tertiary/aromatic N) is 2. The molecule has 0 spiro atoms. The van der Waals surface area contributed by atoms with Gasteiger partial charge in [-0.3, -0.25) is 0 Å². The highest BCUT2D eigenvalue weighted by Crippen LogP contribution is 2.23. The Kier molecular flexibility index (Phi) is 3.95. The van der Waals surface area contributed by atoms with Crippen molar-refractivity contribution in [2.75, 3.05) is 17.2 Å². The number of nitrogen functional groups attached to an aromatic ring is 1. The van der Waals surface area contributed by atoms with E-state index >= 15 is 0 Å². The molecule has 0 bridgehead atoms. The van der Waals surface area contributed by atoms with E-state index in [1.807, 2.05) is 19.2 Å². The summed E-state index contributed by atoms with van der Waals surface area (Å²) in [5, 5.41) is 0. The van der Waals surface area contributed by atoms with Gasteiger partial charge in [0.25, 0.3) is 0 Å². The van der Waals surface area contributed by atoms with E-state index in [2.05, 4.69) is 30.7 Å². The van der Waals surface area contributed by atoms with Crippen LogP contribution in [0, 0.1) is 6.92 Å². The minimum Gasteiger partial charge on any atom is -0.396 e. The third-order valence-electron chi connectivity index (χ3n) is 2.77. The van der Waals surface area contributed by atoms with Gasteiger partial charge in [-0.25, -0.2) is 4.98 Å². The molecule has 2 N–H and O–H groups in total.